The molecule has 1 heterocycles. The lowest BCUT2D eigenvalue weighted by Crippen LogP contribution is -2.29. The highest BCUT2D eigenvalue weighted by atomic mass is 19.5. The van der Waals surface area contributed by atoms with Crippen molar-refractivity contribution in [1.29, 1.82) is 0 Å². The van der Waals surface area contributed by atoms with E-state index < -0.39 is 7.25 Å². The first-order valence-corrected chi connectivity index (χ1v) is 6.03. The fourth-order valence-electron chi connectivity index (χ4n) is 1.71. The topological polar surface area (TPSA) is 21.5 Å². The van der Waals surface area contributed by atoms with Crippen LogP contribution in [0.5, 0.6) is 0 Å². The Bertz CT molecular complexity index is 265. The highest BCUT2D eigenvalue weighted by Gasteiger charge is 2.28. The van der Waals surface area contributed by atoms with Crippen LogP contribution in [0.4, 0.5) is 17.3 Å². The predicted molar refractivity (Wildman–Crippen MR) is 62.3 cm³/mol. The first kappa shape index (κ1) is 17.2. The molecule has 0 N–H and O–H groups in total. The van der Waals surface area contributed by atoms with E-state index in [2.05, 4.69) is 11.5 Å². The zero-order valence-corrected chi connectivity index (χ0v) is 11.0. The van der Waals surface area contributed by atoms with Gasteiger partial charge in [0.2, 0.25) is 0 Å². The quantitative estimate of drug-likeness (QED) is 0.446. The lowest BCUT2D eigenvalue weighted by molar-refractivity contribution is -0.608. The Labute approximate surface area is 105 Å². The highest BCUT2D eigenvalue weighted by molar-refractivity contribution is 6.50. The van der Waals surface area contributed by atoms with Gasteiger partial charge >= 0.3 is 13.2 Å². The summed E-state index contributed by atoms with van der Waals surface area (Å²) in [5.41, 5.74) is 0. The molecule has 0 aromatic heterocycles. The summed E-state index contributed by atoms with van der Waals surface area (Å²) in [7, 11) is -6.00. The van der Waals surface area contributed by atoms with E-state index in [-0.39, 0.29) is 6.23 Å². The lowest BCUT2D eigenvalue weighted by Gasteiger charge is -2.09. The average Bonchev–Trinajstić information content (AvgIpc) is 2.64. The lowest BCUT2D eigenvalue weighted by atomic mass is 10.3. The number of nitrogens with zero attached hydrogens (tertiary/aromatic N) is 1. The van der Waals surface area contributed by atoms with E-state index >= 15 is 0 Å². The summed E-state index contributed by atoms with van der Waals surface area (Å²) in [6, 6.07) is 0. The van der Waals surface area contributed by atoms with Crippen LogP contribution in [0.15, 0.2) is 0 Å². The van der Waals surface area contributed by atoms with Gasteiger partial charge in [0.1, 0.15) is 6.54 Å². The summed E-state index contributed by atoms with van der Waals surface area (Å²) in [6.45, 7) is 8.70. The molecule has 8 heteroatoms. The molecular weight excluding hydrogens is 253 g/mol. The van der Waals surface area contributed by atoms with Crippen molar-refractivity contribution in [2.24, 2.45) is 0 Å². The van der Waals surface area contributed by atoms with Crippen molar-refractivity contribution in [2.45, 2.75) is 39.8 Å². The second-order valence-corrected chi connectivity index (χ2v) is 3.67. The van der Waals surface area contributed by atoms with Crippen LogP contribution in [0.2, 0.25) is 0 Å². The van der Waals surface area contributed by atoms with E-state index in [9.17, 15) is 17.3 Å². The minimum Gasteiger partial charge on any atom is -0.448 e. The van der Waals surface area contributed by atoms with E-state index in [4.69, 9.17) is 9.47 Å². The van der Waals surface area contributed by atoms with Gasteiger partial charge in [0.15, 0.2) is 0 Å². The van der Waals surface area contributed by atoms with Crippen molar-refractivity contribution in [1.82, 2.24) is 0 Å². The van der Waals surface area contributed by atoms with Gasteiger partial charge in [-0.25, -0.2) is 0 Å². The molecule has 0 aromatic carbocycles. The second-order valence-electron chi connectivity index (χ2n) is 3.67. The van der Waals surface area contributed by atoms with Gasteiger partial charge in [-0.05, 0) is 13.8 Å². The SMILES string of the molecule is CCOC1=[N+](C(C)OCC)CCC1.F[B-](F)(F)F. The normalized spacial score (nSPS) is 17.3. The summed E-state index contributed by atoms with van der Waals surface area (Å²) >= 11 is 0. The fourth-order valence-corrected chi connectivity index (χ4v) is 1.71. The van der Waals surface area contributed by atoms with Crippen molar-refractivity contribution in [2.75, 3.05) is 19.8 Å². The summed E-state index contributed by atoms with van der Waals surface area (Å²) in [5.74, 6) is 1.10. The molecule has 1 aliphatic heterocycles. The van der Waals surface area contributed by atoms with Gasteiger partial charge in [-0.3, -0.25) is 0 Å². The monoisotopic (exact) mass is 273 g/mol. The van der Waals surface area contributed by atoms with Crippen LogP contribution >= 0.6 is 0 Å². The van der Waals surface area contributed by atoms with Crippen molar-refractivity contribution < 1.29 is 31.3 Å². The van der Waals surface area contributed by atoms with E-state index in [0.29, 0.717) is 0 Å². The smallest absolute Gasteiger partial charge is 0.448 e. The third kappa shape index (κ3) is 8.33. The minimum absolute atomic E-state index is 0.161. The Morgan fingerprint density at radius 2 is 1.78 bits per heavy atom. The molecular formula is C10H20BF4NO2. The maximum Gasteiger partial charge on any atom is 0.673 e. The highest BCUT2D eigenvalue weighted by Crippen LogP contribution is 2.09. The molecule has 1 atom stereocenters. The Hall–Kier alpha value is -0.785. The number of ether oxygens (including phenoxy) is 2. The molecule has 0 spiro atoms. The molecule has 18 heavy (non-hydrogen) atoms. The first-order chi connectivity index (χ1) is 8.29. The van der Waals surface area contributed by atoms with Gasteiger partial charge in [0, 0.05) is 13.3 Å². The molecule has 1 aliphatic rings. The van der Waals surface area contributed by atoms with E-state index in [1.807, 2.05) is 13.8 Å². The molecule has 1 unspecified atom stereocenters. The van der Waals surface area contributed by atoms with E-state index in [1.54, 1.807) is 0 Å². The third-order valence-electron chi connectivity index (χ3n) is 2.27. The zero-order valence-electron chi connectivity index (χ0n) is 11.0. The molecule has 3 nitrogen and oxygen atoms in total. The Morgan fingerprint density at radius 3 is 2.22 bits per heavy atom. The standard InChI is InChI=1S/C10H20NO2.BF4/c1-4-12-9(3)11-8-6-7-10(11)13-5-2;2-1(3,4)5/h9H,4-8H2,1-3H3;/q+1;-1. The molecule has 0 fully saturated rings. The maximum absolute atomic E-state index is 9.75. The number of hydrogen-bond donors (Lipinski definition) is 0. The molecule has 0 saturated carbocycles. The van der Waals surface area contributed by atoms with Crippen LogP contribution in [0.1, 0.15) is 33.6 Å². The largest absolute Gasteiger partial charge is 0.673 e. The van der Waals surface area contributed by atoms with Crippen LogP contribution in [-0.4, -0.2) is 43.7 Å². The van der Waals surface area contributed by atoms with Crippen molar-refractivity contribution in [3.63, 3.8) is 0 Å². The van der Waals surface area contributed by atoms with Crippen LogP contribution < -0.4 is 0 Å². The fraction of sp³-hybridized carbons (Fsp3) is 0.900. The number of halogens is 4. The Kier molecular flexibility index (Phi) is 7.98. The maximum atomic E-state index is 9.75. The second kappa shape index (κ2) is 8.34. The number of hydrogen-bond acceptors (Lipinski definition) is 2. The molecule has 0 radical (unpaired) electrons. The van der Waals surface area contributed by atoms with Gasteiger partial charge < -0.3 is 26.7 Å². The van der Waals surface area contributed by atoms with Crippen molar-refractivity contribution in [3.05, 3.63) is 0 Å². The van der Waals surface area contributed by atoms with Crippen molar-refractivity contribution >= 4 is 13.2 Å². The van der Waals surface area contributed by atoms with Gasteiger partial charge in [-0.15, -0.1) is 0 Å². The molecule has 1 rings (SSSR count). The van der Waals surface area contributed by atoms with E-state index in [1.165, 1.54) is 6.42 Å². The Morgan fingerprint density at radius 1 is 1.22 bits per heavy atom. The molecule has 0 aliphatic carbocycles. The minimum atomic E-state index is -6.00. The van der Waals surface area contributed by atoms with Crippen LogP contribution in [0, 0.1) is 0 Å². The molecule has 0 amide bonds. The molecule has 0 aromatic rings. The van der Waals surface area contributed by atoms with Gasteiger partial charge in [0.25, 0.3) is 6.23 Å². The molecule has 108 valence electrons. The Balaban J connectivity index is 0.000000494. The van der Waals surface area contributed by atoms with Crippen LogP contribution in [0.3, 0.4) is 0 Å². The zero-order chi connectivity index (χ0) is 14.2. The van der Waals surface area contributed by atoms with Gasteiger partial charge in [-0.1, -0.05) is 0 Å². The summed E-state index contributed by atoms with van der Waals surface area (Å²) in [5, 5.41) is 0. The summed E-state index contributed by atoms with van der Waals surface area (Å²) in [4.78, 5) is 0. The predicted octanol–water partition coefficient (Wildman–Crippen LogP) is 2.91. The molecule has 0 bridgehead atoms. The molecule has 0 saturated heterocycles. The summed E-state index contributed by atoms with van der Waals surface area (Å²) < 4.78 is 52.3. The van der Waals surface area contributed by atoms with Gasteiger partial charge in [0.05, 0.1) is 19.6 Å². The van der Waals surface area contributed by atoms with Crippen LogP contribution in [0.25, 0.3) is 0 Å². The third-order valence-corrected chi connectivity index (χ3v) is 2.27. The average molecular weight is 273 g/mol. The number of rotatable bonds is 4. The summed E-state index contributed by atoms with van der Waals surface area (Å²) in [6.07, 6.45) is 2.41. The first-order valence-electron chi connectivity index (χ1n) is 6.03. The van der Waals surface area contributed by atoms with Gasteiger partial charge in [-0.2, -0.15) is 4.58 Å². The van der Waals surface area contributed by atoms with E-state index in [0.717, 1.165) is 32.1 Å². The van der Waals surface area contributed by atoms with Crippen molar-refractivity contribution in [3.8, 4) is 0 Å². The van der Waals surface area contributed by atoms with Crippen LogP contribution in [-0.2, 0) is 9.47 Å².